The van der Waals surface area contributed by atoms with Gasteiger partial charge < -0.3 is 5.32 Å². The molecule has 0 heterocycles. The van der Waals surface area contributed by atoms with Crippen molar-refractivity contribution in [3.63, 3.8) is 0 Å². The van der Waals surface area contributed by atoms with Gasteiger partial charge in [0.1, 0.15) is 0 Å². The number of rotatable bonds is 6. The Hall–Kier alpha value is -1.28. The first-order chi connectivity index (χ1) is 9.08. The molecule has 1 unspecified atom stereocenters. The fourth-order valence-electron chi connectivity index (χ4n) is 1.71. The molecular formula is C12H17F3N2O2S. The van der Waals surface area contributed by atoms with Gasteiger partial charge in [-0.25, -0.2) is 13.6 Å². The summed E-state index contributed by atoms with van der Waals surface area (Å²) in [5.74, 6) is 0. The highest BCUT2D eigenvalue weighted by molar-refractivity contribution is 7.89. The lowest BCUT2D eigenvalue weighted by Crippen LogP contribution is -2.17. The molecule has 8 heteroatoms. The summed E-state index contributed by atoms with van der Waals surface area (Å²) in [5, 5.41) is 7.96. The lowest BCUT2D eigenvalue weighted by molar-refractivity contribution is -0.135. The number of benzene rings is 1. The number of alkyl halides is 3. The van der Waals surface area contributed by atoms with E-state index >= 15 is 0 Å². The maximum Gasteiger partial charge on any atom is 0.389 e. The third-order valence-corrected chi connectivity index (χ3v) is 3.62. The SMILES string of the molecule is CC(CCCC(F)(F)F)Nc1ccc(S(N)(=O)=O)cc1. The van der Waals surface area contributed by atoms with E-state index in [1.807, 2.05) is 0 Å². The Bertz CT molecular complexity index is 527. The molecule has 0 bridgehead atoms. The van der Waals surface area contributed by atoms with Gasteiger partial charge in [0, 0.05) is 18.2 Å². The zero-order valence-corrected chi connectivity index (χ0v) is 11.8. The number of anilines is 1. The van der Waals surface area contributed by atoms with E-state index in [1.54, 1.807) is 6.92 Å². The van der Waals surface area contributed by atoms with E-state index in [-0.39, 0.29) is 17.4 Å². The molecule has 0 aliphatic heterocycles. The molecule has 20 heavy (non-hydrogen) atoms. The van der Waals surface area contributed by atoms with Crippen LogP contribution in [0.5, 0.6) is 0 Å². The maximum atomic E-state index is 12.0. The highest BCUT2D eigenvalue weighted by atomic mass is 32.2. The van der Waals surface area contributed by atoms with Gasteiger partial charge in [-0.15, -0.1) is 0 Å². The quantitative estimate of drug-likeness (QED) is 0.848. The third-order valence-electron chi connectivity index (χ3n) is 2.69. The van der Waals surface area contributed by atoms with E-state index in [2.05, 4.69) is 5.32 Å². The van der Waals surface area contributed by atoms with Crippen LogP contribution in [0.25, 0.3) is 0 Å². The topological polar surface area (TPSA) is 72.2 Å². The molecule has 1 aromatic rings. The molecule has 1 rings (SSSR count). The molecule has 0 aliphatic carbocycles. The van der Waals surface area contributed by atoms with Gasteiger partial charge in [0.2, 0.25) is 10.0 Å². The summed E-state index contributed by atoms with van der Waals surface area (Å²) < 4.78 is 58.1. The number of nitrogens with one attached hydrogen (secondary N) is 1. The van der Waals surface area contributed by atoms with Crippen LogP contribution in [0.3, 0.4) is 0 Å². The predicted octanol–water partition coefficient (Wildman–Crippen LogP) is 2.87. The second-order valence-electron chi connectivity index (χ2n) is 4.62. The lowest BCUT2D eigenvalue weighted by Gasteiger charge is -2.16. The van der Waals surface area contributed by atoms with Gasteiger partial charge in [-0.2, -0.15) is 13.2 Å². The van der Waals surface area contributed by atoms with Crippen LogP contribution in [-0.4, -0.2) is 20.6 Å². The molecule has 0 aromatic heterocycles. The van der Waals surface area contributed by atoms with E-state index in [0.717, 1.165) is 0 Å². The summed E-state index contributed by atoms with van der Waals surface area (Å²) in [5.41, 5.74) is 0.636. The van der Waals surface area contributed by atoms with Crippen molar-refractivity contribution in [2.45, 2.75) is 43.3 Å². The van der Waals surface area contributed by atoms with Crippen molar-refractivity contribution in [1.82, 2.24) is 0 Å². The molecule has 4 nitrogen and oxygen atoms in total. The Balaban J connectivity index is 2.48. The Morgan fingerprint density at radius 1 is 1.25 bits per heavy atom. The van der Waals surface area contributed by atoms with E-state index < -0.39 is 22.6 Å². The molecular weight excluding hydrogens is 293 g/mol. The first-order valence-electron chi connectivity index (χ1n) is 6.04. The van der Waals surface area contributed by atoms with Crippen molar-refractivity contribution in [2.75, 3.05) is 5.32 Å². The number of halogens is 3. The van der Waals surface area contributed by atoms with E-state index in [1.165, 1.54) is 24.3 Å². The molecule has 0 amide bonds. The van der Waals surface area contributed by atoms with Gasteiger partial charge >= 0.3 is 6.18 Å². The van der Waals surface area contributed by atoms with Crippen LogP contribution in [0, 0.1) is 0 Å². The Kier molecular flexibility index (Phi) is 5.41. The number of primary sulfonamides is 1. The number of hydrogen-bond acceptors (Lipinski definition) is 3. The molecule has 1 aromatic carbocycles. The number of hydrogen-bond donors (Lipinski definition) is 2. The summed E-state index contributed by atoms with van der Waals surface area (Å²) in [6.07, 6.45) is -4.51. The van der Waals surface area contributed by atoms with Gasteiger partial charge in [-0.05, 0) is 44.0 Å². The molecule has 0 spiro atoms. The first-order valence-corrected chi connectivity index (χ1v) is 7.59. The first kappa shape index (κ1) is 16.8. The van der Waals surface area contributed by atoms with Gasteiger partial charge in [0.05, 0.1) is 4.90 Å². The molecule has 0 fully saturated rings. The number of sulfonamides is 1. The normalized spacial score (nSPS) is 14.1. The fourth-order valence-corrected chi connectivity index (χ4v) is 2.22. The van der Waals surface area contributed by atoms with E-state index in [0.29, 0.717) is 12.1 Å². The maximum absolute atomic E-state index is 12.0. The van der Waals surface area contributed by atoms with E-state index in [4.69, 9.17) is 5.14 Å². The minimum atomic E-state index is -4.13. The van der Waals surface area contributed by atoms with Crippen LogP contribution in [0.15, 0.2) is 29.2 Å². The van der Waals surface area contributed by atoms with Crippen LogP contribution in [-0.2, 0) is 10.0 Å². The Morgan fingerprint density at radius 3 is 2.25 bits per heavy atom. The highest BCUT2D eigenvalue weighted by Crippen LogP contribution is 2.23. The molecule has 0 radical (unpaired) electrons. The van der Waals surface area contributed by atoms with Gasteiger partial charge in [-0.3, -0.25) is 0 Å². The standard InChI is InChI=1S/C12H17F3N2O2S/c1-9(3-2-8-12(13,14)15)17-10-4-6-11(7-5-10)20(16,18)19/h4-7,9,17H,2-3,8H2,1H3,(H2,16,18,19). The average molecular weight is 310 g/mol. The predicted molar refractivity (Wildman–Crippen MR) is 70.8 cm³/mol. The zero-order valence-electron chi connectivity index (χ0n) is 10.9. The van der Waals surface area contributed by atoms with Crippen LogP contribution in [0.1, 0.15) is 26.2 Å². The van der Waals surface area contributed by atoms with E-state index in [9.17, 15) is 21.6 Å². The smallest absolute Gasteiger partial charge is 0.383 e. The second kappa shape index (κ2) is 6.45. The summed E-state index contributed by atoms with van der Waals surface area (Å²) in [7, 11) is -3.73. The van der Waals surface area contributed by atoms with Gasteiger partial charge in [0.25, 0.3) is 0 Å². The Morgan fingerprint density at radius 2 is 1.80 bits per heavy atom. The van der Waals surface area contributed by atoms with Crippen molar-refractivity contribution < 1.29 is 21.6 Å². The molecule has 0 aliphatic rings. The Labute approximate surface area is 116 Å². The van der Waals surface area contributed by atoms with Gasteiger partial charge in [-0.1, -0.05) is 0 Å². The monoisotopic (exact) mass is 310 g/mol. The summed E-state index contributed by atoms with van der Waals surface area (Å²) >= 11 is 0. The highest BCUT2D eigenvalue weighted by Gasteiger charge is 2.26. The zero-order chi connectivity index (χ0) is 15.4. The summed E-state index contributed by atoms with van der Waals surface area (Å²) in [6, 6.07) is 5.61. The van der Waals surface area contributed by atoms with Crippen LogP contribution < -0.4 is 10.5 Å². The minimum absolute atomic E-state index is 0.00669. The van der Waals surface area contributed by atoms with Crippen LogP contribution >= 0.6 is 0 Å². The molecule has 0 saturated carbocycles. The average Bonchev–Trinajstić information content (AvgIpc) is 2.26. The van der Waals surface area contributed by atoms with Crippen molar-refractivity contribution in [3.05, 3.63) is 24.3 Å². The van der Waals surface area contributed by atoms with Crippen molar-refractivity contribution >= 4 is 15.7 Å². The molecule has 3 N–H and O–H groups in total. The summed E-state index contributed by atoms with van der Waals surface area (Å²) in [6.45, 7) is 1.77. The van der Waals surface area contributed by atoms with Crippen LogP contribution in [0.2, 0.25) is 0 Å². The van der Waals surface area contributed by atoms with Crippen molar-refractivity contribution in [3.8, 4) is 0 Å². The van der Waals surface area contributed by atoms with Crippen molar-refractivity contribution in [2.24, 2.45) is 5.14 Å². The fraction of sp³-hybridized carbons (Fsp3) is 0.500. The van der Waals surface area contributed by atoms with Crippen molar-refractivity contribution in [1.29, 1.82) is 0 Å². The number of nitrogens with two attached hydrogens (primary N) is 1. The molecule has 114 valence electrons. The van der Waals surface area contributed by atoms with Gasteiger partial charge in [0.15, 0.2) is 0 Å². The largest absolute Gasteiger partial charge is 0.389 e. The third kappa shape index (κ3) is 6.25. The van der Waals surface area contributed by atoms with Crippen LogP contribution in [0.4, 0.5) is 18.9 Å². The molecule has 0 saturated heterocycles. The molecule has 1 atom stereocenters. The second-order valence-corrected chi connectivity index (χ2v) is 6.18. The minimum Gasteiger partial charge on any atom is -0.383 e. The lowest BCUT2D eigenvalue weighted by atomic mass is 10.1. The summed E-state index contributed by atoms with van der Waals surface area (Å²) in [4.78, 5) is -0.00669.